The number of hydrogen-bond donors (Lipinski definition) is 1. The van der Waals surface area contributed by atoms with E-state index < -0.39 is 29.7 Å². The number of ether oxygens (including phenoxy) is 1. The molecule has 0 radical (unpaired) electrons. The van der Waals surface area contributed by atoms with Gasteiger partial charge in [-0.3, -0.25) is 0 Å². The van der Waals surface area contributed by atoms with Crippen LogP contribution in [0.2, 0.25) is 0 Å². The molecule has 1 heterocycles. The quantitative estimate of drug-likeness (QED) is 0.579. The summed E-state index contributed by atoms with van der Waals surface area (Å²) in [6, 6.07) is 9.67. The van der Waals surface area contributed by atoms with Crippen molar-refractivity contribution in [3.05, 3.63) is 30.3 Å². The number of benzene rings is 1. The standard InChI is InChI=1S/C19H32BNO4S/c1-17(2,3)26(22)21-16(13-14-23-15-11-9-8-10-12-15)20-24-18(4,5)19(6,7)25-20/h8-12,16,21H,13-14H2,1-7H3/t16?,26-/m1/s1. The topological polar surface area (TPSA) is 62.8 Å². The normalized spacial score (nSPS) is 21.5. The Morgan fingerprint density at radius 1 is 1.12 bits per heavy atom. The number of para-hydroxylation sites is 1. The molecule has 1 aliphatic rings. The maximum absolute atomic E-state index is 12.6. The summed E-state index contributed by atoms with van der Waals surface area (Å²) in [5, 5.41) is 0. The second-order valence-corrected chi connectivity index (χ2v) is 10.7. The van der Waals surface area contributed by atoms with Crippen molar-refractivity contribution in [1.82, 2.24) is 4.72 Å². The highest BCUT2D eigenvalue weighted by Crippen LogP contribution is 2.38. The van der Waals surface area contributed by atoms with Crippen molar-refractivity contribution in [2.75, 3.05) is 6.61 Å². The van der Waals surface area contributed by atoms with E-state index in [9.17, 15) is 4.55 Å². The Kier molecular flexibility index (Phi) is 6.73. The first-order valence-electron chi connectivity index (χ1n) is 9.14. The molecule has 1 aromatic carbocycles. The minimum Gasteiger partial charge on any atom is -0.598 e. The predicted octanol–water partition coefficient (Wildman–Crippen LogP) is 3.51. The SMILES string of the molecule is CC(C)(C)[S@@+]([O-])NC(CCOc1ccccc1)B1OC(C)(C)C(C)(C)O1. The van der Waals surface area contributed by atoms with E-state index in [1.165, 1.54) is 0 Å². The first kappa shape index (κ1) is 21.6. The molecule has 1 aliphatic heterocycles. The molecule has 0 aliphatic carbocycles. The lowest BCUT2D eigenvalue weighted by Gasteiger charge is -2.32. The lowest BCUT2D eigenvalue weighted by Crippen LogP contribution is -2.52. The van der Waals surface area contributed by atoms with Gasteiger partial charge in [-0.25, -0.2) is 0 Å². The molecule has 1 aromatic rings. The summed E-state index contributed by atoms with van der Waals surface area (Å²) in [6.45, 7) is 14.4. The fourth-order valence-electron chi connectivity index (χ4n) is 2.44. The summed E-state index contributed by atoms with van der Waals surface area (Å²) in [5.41, 5.74) is -0.859. The van der Waals surface area contributed by atoms with Crippen LogP contribution in [0.15, 0.2) is 30.3 Å². The highest BCUT2D eigenvalue weighted by molar-refractivity contribution is 7.90. The molecule has 7 heteroatoms. The monoisotopic (exact) mass is 381 g/mol. The molecule has 1 N–H and O–H groups in total. The van der Waals surface area contributed by atoms with E-state index in [2.05, 4.69) is 4.72 Å². The van der Waals surface area contributed by atoms with E-state index in [0.29, 0.717) is 13.0 Å². The molecule has 0 aromatic heterocycles. The maximum Gasteiger partial charge on any atom is 0.480 e. The van der Waals surface area contributed by atoms with Crippen molar-refractivity contribution in [2.24, 2.45) is 0 Å². The Morgan fingerprint density at radius 2 is 1.65 bits per heavy atom. The molecule has 0 spiro atoms. The lowest BCUT2D eigenvalue weighted by atomic mass is 9.77. The summed E-state index contributed by atoms with van der Waals surface area (Å²) in [7, 11) is -0.481. The average Bonchev–Trinajstić information content (AvgIpc) is 2.74. The molecule has 5 nitrogen and oxygen atoms in total. The number of nitrogens with one attached hydrogen (secondary N) is 1. The molecule has 0 saturated carbocycles. The molecular weight excluding hydrogens is 349 g/mol. The van der Waals surface area contributed by atoms with E-state index in [1.54, 1.807) is 0 Å². The van der Waals surface area contributed by atoms with Crippen molar-refractivity contribution in [3.63, 3.8) is 0 Å². The molecule has 2 atom stereocenters. The zero-order chi connectivity index (χ0) is 19.6. The van der Waals surface area contributed by atoms with Crippen molar-refractivity contribution in [3.8, 4) is 5.75 Å². The molecule has 1 unspecified atom stereocenters. The number of rotatable bonds is 7. The molecule has 1 saturated heterocycles. The predicted molar refractivity (Wildman–Crippen MR) is 107 cm³/mol. The maximum atomic E-state index is 12.6. The van der Waals surface area contributed by atoms with E-state index >= 15 is 0 Å². The van der Waals surface area contributed by atoms with E-state index in [0.717, 1.165) is 5.75 Å². The van der Waals surface area contributed by atoms with Gasteiger partial charge in [0.1, 0.15) is 10.5 Å². The van der Waals surface area contributed by atoms with Crippen LogP contribution in [0.1, 0.15) is 54.9 Å². The van der Waals surface area contributed by atoms with Crippen molar-refractivity contribution in [2.45, 2.75) is 76.8 Å². The molecule has 26 heavy (non-hydrogen) atoms. The Labute approximate surface area is 161 Å². The molecule has 0 bridgehead atoms. The smallest absolute Gasteiger partial charge is 0.480 e. The van der Waals surface area contributed by atoms with Crippen LogP contribution in [0.3, 0.4) is 0 Å². The van der Waals surface area contributed by atoms with Crippen LogP contribution in [0.4, 0.5) is 0 Å². The number of hydrogen-bond acceptors (Lipinski definition) is 5. The third-order valence-corrected chi connectivity index (χ3v) is 6.48. The third kappa shape index (κ3) is 5.39. The fraction of sp³-hybridized carbons (Fsp3) is 0.684. The summed E-state index contributed by atoms with van der Waals surface area (Å²) < 4.78 is 33.6. The van der Waals surface area contributed by atoms with E-state index in [4.69, 9.17) is 14.0 Å². The van der Waals surface area contributed by atoms with Gasteiger partial charge in [-0.05, 0) is 67.0 Å². The van der Waals surface area contributed by atoms with Gasteiger partial charge in [-0.15, -0.1) is 4.72 Å². The van der Waals surface area contributed by atoms with Crippen LogP contribution in [0.25, 0.3) is 0 Å². The highest BCUT2D eigenvalue weighted by Gasteiger charge is 2.55. The molecule has 1 fully saturated rings. The van der Waals surface area contributed by atoms with Crippen LogP contribution < -0.4 is 9.46 Å². The minimum atomic E-state index is -1.23. The third-order valence-electron chi connectivity index (χ3n) is 4.86. The first-order chi connectivity index (χ1) is 11.9. The molecule has 2 rings (SSSR count). The largest absolute Gasteiger partial charge is 0.598 e. The van der Waals surface area contributed by atoms with Gasteiger partial charge in [0.25, 0.3) is 0 Å². The Bertz CT molecular complexity index is 561. The molecule has 0 amide bonds. The highest BCUT2D eigenvalue weighted by atomic mass is 32.2. The Balaban J connectivity index is 2.04. The lowest BCUT2D eigenvalue weighted by molar-refractivity contribution is 0.00578. The van der Waals surface area contributed by atoms with E-state index in [1.807, 2.05) is 78.8 Å². The van der Waals surface area contributed by atoms with Crippen molar-refractivity contribution >= 4 is 18.5 Å². The van der Waals surface area contributed by atoms with Crippen LogP contribution in [0.5, 0.6) is 5.75 Å². The summed E-state index contributed by atoms with van der Waals surface area (Å²) in [4.78, 5) is 0. The first-order valence-corrected chi connectivity index (χ1v) is 10.3. The fourth-order valence-corrected chi connectivity index (χ4v) is 3.30. The van der Waals surface area contributed by atoms with Gasteiger partial charge < -0.3 is 18.6 Å². The van der Waals surface area contributed by atoms with Gasteiger partial charge in [0.2, 0.25) is 0 Å². The zero-order valence-electron chi connectivity index (χ0n) is 17.0. The van der Waals surface area contributed by atoms with Crippen molar-refractivity contribution < 1.29 is 18.6 Å². The average molecular weight is 381 g/mol. The van der Waals surface area contributed by atoms with Gasteiger partial charge >= 0.3 is 7.12 Å². The summed E-state index contributed by atoms with van der Waals surface area (Å²) in [6.07, 6.45) is 0.619. The Morgan fingerprint density at radius 3 is 2.15 bits per heavy atom. The summed E-state index contributed by atoms with van der Waals surface area (Å²) >= 11 is -1.23. The van der Waals surface area contributed by atoms with Crippen LogP contribution in [-0.4, -0.2) is 40.2 Å². The molecule has 146 valence electrons. The van der Waals surface area contributed by atoms with Crippen LogP contribution >= 0.6 is 0 Å². The van der Waals surface area contributed by atoms with E-state index in [-0.39, 0.29) is 10.7 Å². The van der Waals surface area contributed by atoms with Gasteiger partial charge in [-0.1, -0.05) is 18.2 Å². The van der Waals surface area contributed by atoms with Gasteiger partial charge in [0.15, 0.2) is 0 Å². The van der Waals surface area contributed by atoms with Gasteiger partial charge in [0, 0.05) is 11.4 Å². The van der Waals surface area contributed by atoms with Crippen LogP contribution in [0, 0.1) is 0 Å². The molecular formula is C19H32BNO4S. The van der Waals surface area contributed by atoms with Gasteiger partial charge in [0.05, 0.1) is 23.8 Å². The zero-order valence-corrected chi connectivity index (χ0v) is 17.8. The van der Waals surface area contributed by atoms with Crippen LogP contribution in [-0.2, 0) is 20.7 Å². The van der Waals surface area contributed by atoms with Gasteiger partial charge in [-0.2, -0.15) is 0 Å². The van der Waals surface area contributed by atoms with Crippen molar-refractivity contribution in [1.29, 1.82) is 0 Å². The minimum absolute atomic E-state index is 0.236. The second-order valence-electron chi connectivity index (χ2n) is 8.68. The second kappa shape index (κ2) is 8.11. The Hall–Kier alpha value is -0.725. The summed E-state index contributed by atoms with van der Waals surface area (Å²) in [5.74, 6) is 0.580.